The molecule has 138 valence electrons. The van der Waals surface area contributed by atoms with Crippen molar-refractivity contribution in [2.75, 3.05) is 13.1 Å². The van der Waals surface area contributed by atoms with E-state index in [1.165, 1.54) is 17.2 Å². The van der Waals surface area contributed by atoms with Crippen LogP contribution in [0.15, 0.2) is 48.5 Å². The fourth-order valence-electron chi connectivity index (χ4n) is 3.53. The van der Waals surface area contributed by atoms with Gasteiger partial charge < -0.3 is 11.1 Å². The quantitative estimate of drug-likeness (QED) is 0.803. The monoisotopic (exact) mass is 355 g/mol. The third-order valence-corrected chi connectivity index (χ3v) is 4.85. The normalized spacial score (nSPS) is 18.0. The van der Waals surface area contributed by atoms with Gasteiger partial charge in [0.25, 0.3) is 0 Å². The molecular weight excluding hydrogens is 329 g/mol. The molecule has 1 heterocycles. The van der Waals surface area contributed by atoms with Crippen LogP contribution in [0.2, 0.25) is 0 Å². The summed E-state index contributed by atoms with van der Waals surface area (Å²) in [6, 6.07) is 15.1. The predicted molar refractivity (Wildman–Crippen MR) is 101 cm³/mol. The van der Waals surface area contributed by atoms with E-state index in [0.717, 1.165) is 44.6 Å². The first-order chi connectivity index (χ1) is 12.6. The minimum absolute atomic E-state index is 0.0279. The maximum atomic E-state index is 13.2. The van der Waals surface area contributed by atoms with Gasteiger partial charge in [-0.25, -0.2) is 4.39 Å². The number of rotatable bonds is 7. The molecule has 0 bridgehead atoms. The molecule has 4 nitrogen and oxygen atoms in total. The lowest BCUT2D eigenvalue weighted by molar-refractivity contribution is -0.123. The number of amides is 1. The lowest BCUT2D eigenvalue weighted by atomic mass is 9.97. The van der Waals surface area contributed by atoms with Crippen molar-refractivity contribution in [2.45, 2.75) is 32.5 Å². The summed E-state index contributed by atoms with van der Waals surface area (Å²) in [6.45, 7) is 3.95. The molecule has 1 aliphatic heterocycles. The zero-order valence-corrected chi connectivity index (χ0v) is 15.0. The third kappa shape index (κ3) is 5.38. The second kappa shape index (κ2) is 8.92. The van der Waals surface area contributed by atoms with Gasteiger partial charge >= 0.3 is 0 Å². The van der Waals surface area contributed by atoms with E-state index in [-0.39, 0.29) is 17.6 Å². The first-order valence-electron chi connectivity index (χ1n) is 9.15. The minimum Gasteiger partial charge on any atom is -0.369 e. The number of nitrogens with one attached hydrogen (secondary N) is 1. The number of nitrogens with two attached hydrogens (primary N) is 1. The van der Waals surface area contributed by atoms with Crippen LogP contribution in [-0.2, 0) is 24.4 Å². The summed E-state index contributed by atoms with van der Waals surface area (Å²) in [6.07, 6.45) is 1.92. The Labute approximate surface area is 154 Å². The molecule has 1 aliphatic rings. The van der Waals surface area contributed by atoms with Crippen molar-refractivity contribution < 1.29 is 9.18 Å². The van der Waals surface area contributed by atoms with Gasteiger partial charge in [-0.2, -0.15) is 0 Å². The summed E-state index contributed by atoms with van der Waals surface area (Å²) in [7, 11) is 0. The van der Waals surface area contributed by atoms with E-state index in [0.29, 0.717) is 6.54 Å². The fraction of sp³-hybridized carbons (Fsp3) is 0.381. The molecule has 1 unspecified atom stereocenters. The average molecular weight is 355 g/mol. The average Bonchev–Trinajstić information content (AvgIpc) is 2.62. The predicted octanol–water partition coefficient (Wildman–Crippen LogP) is 2.81. The summed E-state index contributed by atoms with van der Waals surface area (Å²) >= 11 is 0. The fourth-order valence-corrected chi connectivity index (χ4v) is 3.53. The van der Waals surface area contributed by atoms with Crippen molar-refractivity contribution in [3.8, 4) is 0 Å². The topological polar surface area (TPSA) is 58.4 Å². The van der Waals surface area contributed by atoms with Gasteiger partial charge in [0.1, 0.15) is 5.82 Å². The van der Waals surface area contributed by atoms with Gasteiger partial charge in [0, 0.05) is 26.2 Å². The number of primary amides is 1. The molecule has 0 aliphatic carbocycles. The Morgan fingerprint density at radius 3 is 2.54 bits per heavy atom. The highest BCUT2D eigenvalue weighted by atomic mass is 19.1. The van der Waals surface area contributed by atoms with Crippen molar-refractivity contribution in [3.63, 3.8) is 0 Å². The Kier molecular flexibility index (Phi) is 6.36. The standard InChI is InChI=1S/C21H26FN3O/c22-20-8-2-5-17(11-20)13-24-12-16-4-1-6-18(10-16)14-25-9-3-7-19(15-25)21(23)26/h1-2,4-6,8,10-11,19,24H,3,7,9,12-15H2,(H2,23,26). The maximum absolute atomic E-state index is 13.2. The zero-order chi connectivity index (χ0) is 18.4. The first-order valence-corrected chi connectivity index (χ1v) is 9.15. The van der Waals surface area contributed by atoms with Crippen LogP contribution in [0.3, 0.4) is 0 Å². The zero-order valence-electron chi connectivity index (χ0n) is 15.0. The van der Waals surface area contributed by atoms with Crippen LogP contribution in [0.1, 0.15) is 29.5 Å². The second-order valence-electron chi connectivity index (χ2n) is 7.03. The molecule has 3 rings (SSSR count). The summed E-state index contributed by atoms with van der Waals surface area (Å²) in [5.74, 6) is -0.424. The molecule has 0 aromatic heterocycles. The van der Waals surface area contributed by atoms with E-state index in [2.05, 4.69) is 34.5 Å². The molecule has 3 N–H and O–H groups in total. The Balaban J connectivity index is 1.52. The molecule has 26 heavy (non-hydrogen) atoms. The summed E-state index contributed by atoms with van der Waals surface area (Å²) in [4.78, 5) is 13.7. The molecule has 1 saturated heterocycles. The molecule has 0 radical (unpaired) electrons. The van der Waals surface area contributed by atoms with Crippen LogP contribution in [-0.4, -0.2) is 23.9 Å². The van der Waals surface area contributed by atoms with Crippen LogP contribution in [0.5, 0.6) is 0 Å². The van der Waals surface area contributed by atoms with Crippen molar-refractivity contribution >= 4 is 5.91 Å². The first kappa shape index (κ1) is 18.5. The summed E-state index contributed by atoms with van der Waals surface area (Å²) < 4.78 is 13.2. The van der Waals surface area contributed by atoms with Crippen LogP contribution < -0.4 is 11.1 Å². The lowest BCUT2D eigenvalue weighted by Crippen LogP contribution is -2.40. The maximum Gasteiger partial charge on any atom is 0.221 e. The Bertz CT molecular complexity index is 750. The highest BCUT2D eigenvalue weighted by Crippen LogP contribution is 2.18. The number of carbonyl (C=O) groups is 1. The lowest BCUT2D eigenvalue weighted by Gasteiger charge is -2.31. The van der Waals surface area contributed by atoms with Gasteiger partial charge in [-0.05, 0) is 48.2 Å². The molecule has 2 aromatic carbocycles. The molecular formula is C21H26FN3O. The molecule has 0 saturated carbocycles. The van der Waals surface area contributed by atoms with E-state index < -0.39 is 0 Å². The van der Waals surface area contributed by atoms with Crippen molar-refractivity contribution in [2.24, 2.45) is 11.7 Å². The van der Waals surface area contributed by atoms with E-state index >= 15 is 0 Å². The highest BCUT2D eigenvalue weighted by molar-refractivity contribution is 5.76. The van der Waals surface area contributed by atoms with Gasteiger partial charge in [-0.15, -0.1) is 0 Å². The number of halogens is 1. The van der Waals surface area contributed by atoms with Gasteiger partial charge in [0.05, 0.1) is 5.92 Å². The Morgan fingerprint density at radius 1 is 1.12 bits per heavy atom. The van der Waals surface area contributed by atoms with Crippen molar-refractivity contribution in [3.05, 3.63) is 71.0 Å². The largest absolute Gasteiger partial charge is 0.369 e. The van der Waals surface area contributed by atoms with Crippen molar-refractivity contribution in [1.82, 2.24) is 10.2 Å². The molecule has 0 spiro atoms. The van der Waals surface area contributed by atoms with E-state index in [9.17, 15) is 9.18 Å². The highest BCUT2D eigenvalue weighted by Gasteiger charge is 2.23. The Hall–Kier alpha value is -2.24. The van der Waals surface area contributed by atoms with Crippen LogP contribution in [0.25, 0.3) is 0 Å². The van der Waals surface area contributed by atoms with E-state index in [1.54, 1.807) is 12.1 Å². The molecule has 2 aromatic rings. The molecule has 1 amide bonds. The third-order valence-electron chi connectivity index (χ3n) is 4.85. The second-order valence-corrected chi connectivity index (χ2v) is 7.03. The number of nitrogens with zero attached hydrogens (tertiary/aromatic N) is 1. The molecule has 5 heteroatoms. The minimum atomic E-state index is -0.206. The van der Waals surface area contributed by atoms with E-state index in [4.69, 9.17) is 5.73 Å². The van der Waals surface area contributed by atoms with Crippen molar-refractivity contribution in [1.29, 1.82) is 0 Å². The summed E-state index contributed by atoms with van der Waals surface area (Å²) in [5.41, 5.74) is 8.83. The van der Waals surface area contributed by atoms with E-state index in [1.807, 2.05) is 6.07 Å². The smallest absolute Gasteiger partial charge is 0.221 e. The summed E-state index contributed by atoms with van der Waals surface area (Å²) in [5, 5.41) is 3.36. The number of benzene rings is 2. The van der Waals surface area contributed by atoms with Crippen LogP contribution >= 0.6 is 0 Å². The number of likely N-dealkylation sites (tertiary alicyclic amines) is 1. The molecule has 1 fully saturated rings. The van der Waals surface area contributed by atoms with Crippen LogP contribution in [0, 0.1) is 11.7 Å². The Morgan fingerprint density at radius 2 is 1.81 bits per heavy atom. The number of piperidine rings is 1. The van der Waals surface area contributed by atoms with Crippen LogP contribution in [0.4, 0.5) is 4.39 Å². The number of hydrogen-bond acceptors (Lipinski definition) is 3. The SMILES string of the molecule is NC(=O)C1CCCN(Cc2cccc(CNCc3cccc(F)c3)c2)C1. The molecule has 1 atom stereocenters. The van der Waals surface area contributed by atoms with Gasteiger partial charge in [0.2, 0.25) is 5.91 Å². The number of hydrogen-bond donors (Lipinski definition) is 2. The van der Waals surface area contributed by atoms with Gasteiger partial charge in [0.15, 0.2) is 0 Å². The number of carbonyl (C=O) groups excluding carboxylic acids is 1. The van der Waals surface area contributed by atoms with Gasteiger partial charge in [-0.3, -0.25) is 9.69 Å². The van der Waals surface area contributed by atoms with Gasteiger partial charge in [-0.1, -0.05) is 36.4 Å².